The molecule has 1 heterocycles. The molecule has 1 unspecified atom stereocenters. The Hall–Kier alpha value is -1.57. The van der Waals surface area contributed by atoms with Crippen LogP contribution in [0.15, 0.2) is 18.2 Å². The summed E-state index contributed by atoms with van der Waals surface area (Å²) in [5.41, 5.74) is 1.33. The minimum atomic E-state index is -1.89. The molecule has 0 fully saturated rings. The van der Waals surface area contributed by atoms with Crippen LogP contribution in [-0.2, 0) is 17.5 Å². The van der Waals surface area contributed by atoms with Crippen molar-refractivity contribution in [2.45, 2.75) is 6.42 Å². The van der Waals surface area contributed by atoms with Gasteiger partial charge in [-0.1, -0.05) is 6.07 Å². The van der Waals surface area contributed by atoms with Crippen molar-refractivity contribution < 1.29 is 23.5 Å². The first-order valence-corrected chi connectivity index (χ1v) is 6.99. The van der Waals surface area contributed by atoms with Gasteiger partial charge in [0, 0.05) is 0 Å². The fourth-order valence-electron chi connectivity index (χ4n) is 2.00. The monoisotopic (exact) mass is 283 g/mol. The number of carbonyl (C=O) groups is 2. The van der Waals surface area contributed by atoms with Crippen LogP contribution in [-0.4, -0.2) is 49.5 Å². The normalized spacial score (nSPS) is 15.8. The van der Waals surface area contributed by atoms with Crippen molar-refractivity contribution in [1.29, 1.82) is 0 Å². The quantitative estimate of drug-likeness (QED) is 0.587. The van der Waals surface area contributed by atoms with Gasteiger partial charge in [0.15, 0.2) is 11.1 Å². The summed E-state index contributed by atoms with van der Waals surface area (Å²) in [7, 11) is 0. The lowest BCUT2D eigenvalue weighted by Crippen LogP contribution is -2.32. The standard InChI is InChI=1S/C12H13NO5S/c14-5-4-13-11(15)9-2-1-8(3-6-19(17)18)7-10(9)12(13)16/h1-2,7,14H,3-6H2,(H,17,18). The van der Waals surface area contributed by atoms with E-state index in [4.69, 9.17) is 9.66 Å². The number of aliphatic hydroxyl groups is 1. The Morgan fingerprint density at radius 1 is 1.16 bits per heavy atom. The van der Waals surface area contributed by atoms with Gasteiger partial charge < -0.3 is 9.66 Å². The molecule has 2 rings (SSSR count). The zero-order valence-corrected chi connectivity index (χ0v) is 10.9. The summed E-state index contributed by atoms with van der Waals surface area (Å²) in [6.07, 6.45) is 0.359. The number of amides is 2. The van der Waals surface area contributed by atoms with E-state index < -0.39 is 22.9 Å². The number of imide groups is 1. The third-order valence-corrected chi connectivity index (χ3v) is 3.48. The van der Waals surface area contributed by atoms with E-state index in [1.807, 2.05) is 0 Å². The topological polar surface area (TPSA) is 94.9 Å². The van der Waals surface area contributed by atoms with E-state index in [1.54, 1.807) is 18.2 Å². The molecular weight excluding hydrogens is 270 g/mol. The van der Waals surface area contributed by atoms with Crippen molar-refractivity contribution in [3.63, 3.8) is 0 Å². The zero-order chi connectivity index (χ0) is 14.0. The van der Waals surface area contributed by atoms with Crippen molar-refractivity contribution in [2.75, 3.05) is 18.9 Å². The molecule has 0 aromatic heterocycles. The molecule has 1 aromatic carbocycles. The molecule has 1 atom stereocenters. The van der Waals surface area contributed by atoms with Gasteiger partial charge in [-0.25, -0.2) is 4.21 Å². The van der Waals surface area contributed by atoms with Crippen molar-refractivity contribution in [2.24, 2.45) is 0 Å². The van der Waals surface area contributed by atoms with Crippen molar-refractivity contribution in [3.8, 4) is 0 Å². The highest BCUT2D eigenvalue weighted by Crippen LogP contribution is 2.23. The lowest BCUT2D eigenvalue weighted by Gasteiger charge is -2.10. The maximum absolute atomic E-state index is 12.0. The number of hydrogen-bond donors (Lipinski definition) is 2. The second-order valence-corrected chi connectivity index (χ2v) is 5.19. The lowest BCUT2D eigenvalue weighted by molar-refractivity contribution is 0.0624. The van der Waals surface area contributed by atoms with E-state index in [-0.39, 0.29) is 18.9 Å². The second-order valence-electron chi connectivity index (χ2n) is 4.14. The highest BCUT2D eigenvalue weighted by atomic mass is 32.2. The van der Waals surface area contributed by atoms with Crippen LogP contribution in [0.4, 0.5) is 0 Å². The van der Waals surface area contributed by atoms with Crippen LogP contribution in [0.5, 0.6) is 0 Å². The lowest BCUT2D eigenvalue weighted by atomic mass is 10.0. The van der Waals surface area contributed by atoms with Crippen LogP contribution in [0.25, 0.3) is 0 Å². The minimum Gasteiger partial charge on any atom is -0.395 e. The van der Waals surface area contributed by atoms with Gasteiger partial charge in [0.05, 0.1) is 30.0 Å². The number of carbonyl (C=O) groups excluding carboxylic acids is 2. The van der Waals surface area contributed by atoms with Crippen molar-refractivity contribution >= 4 is 22.9 Å². The maximum Gasteiger partial charge on any atom is 0.261 e. The number of benzene rings is 1. The minimum absolute atomic E-state index is 0.0255. The average Bonchev–Trinajstić information content (AvgIpc) is 2.62. The summed E-state index contributed by atoms with van der Waals surface area (Å²) in [6, 6.07) is 4.78. The molecule has 1 aliphatic rings. The van der Waals surface area contributed by atoms with E-state index >= 15 is 0 Å². The van der Waals surface area contributed by atoms with Crippen LogP contribution < -0.4 is 0 Å². The van der Waals surface area contributed by atoms with Crippen LogP contribution >= 0.6 is 0 Å². The van der Waals surface area contributed by atoms with Gasteiger partial charge in [0.1, 0.15) is 0 Å². The number of fused-ring (bicyclic) bond motifs is 1. The molecule has 7 heteroatoms. The molecule has 2 N–H and O–H groups in total. The molecule has 102 valence electrons. The van der Waals surface area contributed by atoms with E-state index in [1.165, 1.54) is 0 Å². The largest absolute Gasteiger partial charge is 0.395 e. The van der Waals surface area contributed by atoms with E-state index in [9.17, 15) is 13.8 Å². The van der Waals surface area contributed by atoms with Crippen LogP contribution in [0.2, 0.25) is 0 Å². The molecule has 0 spiro atoms. The zero-order valence-electron chi connectivity index (χ0n) is 10.0. The number of rotatable bonds is 5. The number of nitrogens with zero attached hydrogens (tertiary/aromatic N) is 1. The first kappa shape index (κ1) is 13.9. The fourth-order valence-corrected chi connectivity index (χ4v) is 2.41. The number of aryl methyl sites for hydroxylation is 1. The van der Waals surface area contributed by atoms with Crippen LogP contribution in [0, 0.1) is 0 Å². The molecule has 0 radical (unpaired) electrons. The second kappa shape index (κ2) is 5.60. The van der Waals surface area contributed by atoms with Gasteiger partial charge in [-0.05, 0) is 24.1 Å². The Kier molecular flexibility index (Phi) is 4.08. The van der Waals surface area contributed by atoms with Gasteiger partial charge in [0.25, 0.3) is 11.8 Å². The molecule has 19 heavy (non-hydrogen) atoms. The molecule has 1 aromatic rings. The van der Waals surface area contributed by atoms with Gasteiger partial charge >= 0.3 is 0 Å². The Morgan fingerprint density at radius 3 is 2.47 bits per heavy atom. The first-order valence-electron chi connectivity index (χ1n) is 5.72. The highest BCUT2D eigenvalue weighted by molar-refractivity contribution is 7.79. The van der Waals surface area contributed by atoms with Crippen molar-refractivity contribution in [3.05, 3.63) is 34.9 Å². The van der Waals surface area contributed by atoms with Crippen molar-refractivity contribution in [1.82, 2.24) is 4.90 Å². The molecule has 0 aliphatic carbocycles. The number of hydrogen-bond acceptors (Lipinski definition) is 4. The molecule has 2 amide bonds. The predicted molar refractivity (Wildman–Crippen MR) is 68.2 cm³/mol. The highest BCUT2D eigenvalue weighted by Gasteiger charge is 2.34. The number of β-amino-alcohol motifs (C(OH)–C–C–N with tert-alkyl or cyclic N) is 1. The van der Waals surface area contributed by atoms with Crippen LogP contribution in [0.3, 0.4) is 0 Å². The molecule has 1 aliphatic heterocycles. The Balaban J connectivity index is 2.25. The number of aliphatic hydroxyl groups excluding tert-OH is 1. The summed E-state index contributed by atoms with van der Waals surface area (Å²) in [5.74, 6) is -0.756. The summed E-state index contributed by atoms with van der Waals surface area (Å²) >= 11 is -1.89. The van der Waals surface area contributed by atoms with E-state index in [0.717, 1.165) is 10.5 Å². The third kappa shape index (κ3) is 2.73. The Bertz CT molecular complexity index is 557. The first-order chi connectivity index (χ1) is 9.04. The van der Waals surface area contributed by atoms with E-state index in [0.29, 0.717) is 17.5 Å². The Labute approximate surface area is 112 Å². The summed E-state index contributed by atoms with van der Waals surface area (Å²) in [5, 5.41) is 8.83. The van der Waals surface area contributed by atoms with Gasteiger partial charge in [-0.3, -0.25) is 14.5 Å². The average molecular weight is 283 g/mol. The summed E-state index contributed by atoms with van der Waals surface area (Å²) in [6.45, 7) is -0.301. The molecule has 0 saturated carbocycles. The molecule has 0 bridgehead atoms. The maximum atomic E-state index is 12.0. The van der Waals surface area contributed by atoms with Crippen LogP contribution in [0.1, 0.15) is 26.3 Å². The third-order valence-electron chi connectivity index (χ3n) is 2.92. The molecular formula is C12H13NO5S. The molecule has 6 nitrogen and oxygen atoms in total. The van der Waals surface area contributed by atoms with E-state index in [2.05, 4.69) is 0 Å². The predicted octanol–water partition coefficient (Wildman–Crippen LogP) is 0.0391. The smallest absolute Gasteiger partial charge is 0.261 e. The Morgan fingerprint density at radius 2 is 1.84 bits per heavy atom. The summed E-state index contributed by atoms with van der Waals surface area (Å²) in [4.78, 5) is 24.9. The summed E-state index contributed by atoms with van der Waals surface area (Å²) < 4.78 is 19.3. The van der Waals surface area contributed by atoms with Gasteiger partial charge in [-0.2, -0.15) is 0 Å². The molecule has 0 saturated heterocycles. The van der Waals surface area contributed by atoms with Gasteiger partial charge in [0.2, 0.25) is 0 Å². The van der Waals surface area contributed by atoms with Gasteiger partial charge in [-0.15, -0.1) is 0 Å². The fraction of sp³-hybridized carbons (Fsp3) is 0.333. The SMILES string of the molecule is O=C1c2ccc(CCS(=O)O)cc2C(=O)N1CCO.